The summed E-state index contributed by atoms with van der Waals surface area (Å²) >= 11 is 1.35. The van der Waals surface area contributed by atoms with E-state index in [1.54, 1.807) is 6.07 Å². The number of ether oxygens (including phenoxy) is 1. The number of halogens is 3. The molecule has 0 spiro atoms. The molecular formula is C30H37F3N6O4S. The van der Waals surface area contributed by atoms with Gasteiger partial charge in [-0.05, 0) is 55.8 Å². The van der Waals surface area contributed by atoms with E-state index in [1.807, 2.05) is 4.90 Å². The Labute approximate surface area is 258 Å². The van der Waals surface area contributed by atoms with Gasteiger partial charge in [0, 0.05) is 36.6 Å². The number of aliphatic carboxylic acids is 1. The lowest BCUT2D eigenvalue weighted by atomic mass is 9.84. The molecule has 0 aliphatic carbocycles. The molecule has 0 radical (unpaired) electrons. The maximum atomic E-state index is 13.8. The first-order valence-electron chi connectivity index (χ1n) is 14.6. The van der Waals surface area contributed by atoms with E-state index >= 15 is 0 Å². The van der Waals surface area contributed by atoms with Crippen LogP contribution in [0.1, 0.15) is 61.1 Å². The number of nitrogens with one attached hydrogen (secondary N) is 2. The van der Waals surface area contributed by atoms with Gasteiger partial charge in [-0.25, -0.2) is 9.97 Å². The number of carbonyl (C=O) groups is 2. The summed E-state index contributed by atoms with van der Waals surface area (Å²) in [5.74, 6) is -1.01. The number of anilines is 1. The third-order valence-corrected chi connectivity index (χ3v) is 9.31. The first kappa shape index (κ1) is 31.9. The van der Waals surface area contributed by atoms with Crippen molar-refractivity contribution in [2.75, 3.05) is 44.7 Å². The number of benzene rings is 1. The summed E-state index contributed by atoms with van der Waals surface area (Å²) in [5, 5.41) is 15.3. The molecule has 3 N–H and O–H groups in total. The zero-order chi connectivity index (χ0) is 31.6. The molecule has 238 valence electrons. The van der Waals surface area contributed by atoms with Crippen LogP contribution in [0.25, 0.3) is 5.70 Å². The van der Waals surface area contributed by atoms with E-state index in [-0.39, 0.29) is 22.8 Å². The van der Waals surface area contributed by atoms with Gasteiger partial charge in [-0.1, -0.05) is 25.6 Å². The molecule has 2 aromatic rings. The number of likely N-dealkylation sites (tertiary alicyclic amines) is 1. The summed E-state index contributed by atoms with van der Waals surface area (Å²) in [7, 11) is 1.33. The van der Waals surface area contributed by atoms with Crippen molar-refractivity contribution in [2.24, 2.45) is 11.3 Å². The third kappa shape index (κ3) is 7.57. The molecule has 1 unspecified atom stereocenters. The molecule has 3 aliphatic heterocycles. The molecule has 1 aromatic carbocycles. The number of carbonyl (C=O) groups excluding carboxylic acids is 1. The average molecular weight is 635 g/mol. The summed E-state index contributed by atoms with van der Waals surface area (Å²) in [5.41, 5.74) is -0.422. The van der Waals surface area contributed by atoms with Gasteiger partial charge < -0.3 is 25.4 Å². The number of rotatable bonds is 8. The molecule has 0 bridgehead atoms. The van der Waals surface area contributed by atoms with Gasteiger partial charge >= 0.3 is 12.1 Å². The number of methoxy groups -OCH3 is 1. The predicted molar refractivity (Wildman–Crippen MR) is 161 cm³/mol. The zero-order valence-electron chi connectivity index (χ0n) is 24.9. The number of hydrogen-bond acceptors (Lipinski definition) is 9. The molecule has 5 rings (SSSR count). The lowest BCUT2D eigenvalue weighted by Crippen LogP contribution is -2.41. The highest BCUT2D eigenvalue weighted by atomic mass is 32.2. The second-order valence-corrected chi connectivity index (χ2v) is 13.4. The van der Waals surface area contributed by atoms with Crippen LogP contribution in [-0.2, 0) is 11.0 Å². The summed E-state index contributed by atoms with van der Waals surface area (Å²) in [6.07, 6.45) is 1.45. The standard InChI is InChI=1S/C30H37F3N6O4S/c1-29(2)7-4-8-38(17-29)16-23-25(19-11-20(30(31,32)33)13-21(12-19)43-3)36-28(44-23)37-26(40)22-14-35-24(15-34-22)39-9-5-18(6-10-39)27(41)42/h11-15,18,28,36H,4-10,16-17H2,1-3H3,(H,37,40)(H,41,42). The van der Waals surface area contributed by atoms with Crippen LogP contribution in [-0.4, -0.2) is 77.2 Å². The number of carboxylic acids is 1. The Bertz CT molecular complexity index is 1410. The van der Waals surface area contributed by atoms with Gasteiger partial charge in [-0.3, -0.25) is 14.5 Å². The molecule has 44 heavy (non-hydrogen) atoms. The Kier molecular flexibility index (Phi) is 9.30. The Morgan fingerprint density at radius 3 is 2.52 bits per heavy atom. The molecule has 1 amide bonds. The van der Waals surface area contributed by atoms with Gasteiger partial charge in [0.15, 0.2) is 5.50 Å². The number of aromatic nitrogens is 2. The normalized spacial score (nSPS) is 21.2. The first-order valence-corrected chi connectivity index (χ1v) is 15.5. The topological polar surface area (TPSA) is 120 Å². The van der Waals surface area contributed by atoms with E-state index in [0.29, 0.717) is 49.6 Å². The Morgan fingerprint density at radius 1 is 1.16 bits per heavy atom. The molecule has 2 saturated heterocycles. The number of piperidine rings is 2. The monoisotopic (exact) mass is 634 g/mol. The van der Waals surface area contributed by atoms with Crippen molar-refractivity contribution in [3.8, 4) is 5.75 Å². The van der Waals surface area contributed by atoms with E-state index in [9.17, 15) is 27.9 Å². The quantitative estimate of drug-likeness (QED) is 0.379. The van der Waals surface area contributed by atoms with Crippen LogP contribution < -0.4 is 20.3 Å². The molecule has 10 nitrogen and oxygen atoms in total. The Balaban J connectivity index is 1.32. The highest BCUT2D eigenvalue weighted by molar-refractivity contribution is 8.04. The van der Waals surface area contributed by atoms with Crippen molar-refractivity contribution >= 4 is 35.2 Å². The van der Waals surface area contributed by atoms with Crippen molar-refractivity contribution in [3.05, 3.63) is 52.3 Å². The largest absolute Gasteiger partial charge is 0.497 e. The molecule has 2 fully saturated rings. The van der Waals surface area contributed by atoms with Crippen LogP contribution in [0.3, 0.4) is 0 Å². The van der Waals surface area contributed by atoms with Crippen molar-refractivity contribution in [3.63, 3.8) is 0 Å². The second kappa shape index (κ2) is 12.8. The highest BCUT2D eigenvalue weighted by Crippen LogP contribution is 2.40. The van der Waals surface area contributed by atoms with Gasteiger partial charge in [0.05, 0.1) is 36.7 Å². The van der Waals surface area contributed by atoms with Crippen LogP contribution in [0.2, 0.25) is 0 Å². The number of hydrogen-bond donors (Lipinski definition) is 3. The minimum Gasteiger partial charge on any atom is -0.497 e. The van der Waals surface area contributed by atoms with Gasteiger partial charge in [-0.15, -0.1) is 0 Å². The second-order valence-electron chi connectivity index (χ2n) is 12.2. The fourth-order valence-electron chi connectivity index (χ4n) is 5.93. The van der Waals surface area contributed by atoms with Gasteiger partial charge in [0.25, 0.3) is 5.91 Å². The van der Waals surface area contributed by atoms with E-state index in [4.69, 9.17) is 4.74 Å². The third-order valence-electron chi connectivity index (χ3n) is 8.22. The van der Waals surface area contributed by atoms with Crippen molar-refractivity contribution in [2.45, 2.75) is 51.2 Å². The van der Waals surface area contributed by atoms with Crippen molar-refractivity contribution in [1.29, 1.82) is 0 Å². The maximum Gasteiger partial charge on any atom is 0.416 e. The van der Waals surface area contributed by atoms with Gasteiger partial charge in [-0.2, -0.15) is 13.2 Å². The SMILES string of the molecule is COc1cc(C2=C(CN3CCCC(C)(C)C3)SC(NC(=O)c3cnc(N4CCC(C(=O)O)CC4)cn3)N2)cc(C(F)(F)F)c1. The minimum atomic E-state index is -4.56. The van der Waals surface area contributed by atoms with Crippen molar-refractivity contribution < 1.29 is 32.6 Å². The number of alkyl halides is 3. The molecule has 4 heterocycles. The number of carboxylic acid groups (broad SMARTS) is 1. The Hall–Kier alpha value is -3.52. The van der Waals surface area contributed by atoms with Crippen LogP contribution in [0.4, 0.5) is 19.0 Å². The maximum absolute atomic E-state index is 13.8. The summed E-state index contributed by atoms with van der Waals surface area (Å²) < 4.78 is 46.5. The number of nitrogens with zero attached hydrogens (tertiary/aromatic N) is 4. The molecule has 3 aliphatic rings. The first-order chi connectivity index (χ1) is 20.8. The molecule has 0 saturated carbocycles. The minimum absolute atomic E-state index is 0.0858. The summed E-state index contributed by atoms with van der Waals surface area (Å²) in [6, 6.07) is 3.63. The van der Waals surface area contributed by atoms with E-state index in [2.05, 4.69) is 39.3 Å². The molecule has 1 aromatic heterocycles. The van der Waals surface area contributed by atoms with Gasteiger partial charge in [0.2, 0.25) is 0 Å². The number of thioether (sulfide) groups is 1. The lowest BCUT2D eigenvalue weighted by Gasteiger charge is -2.38. The highest BCUT2D eigenvalue weighted by Gasteiger charge is 2.35. The summed E-state index contributed by atoms with van der Waals surface area (Å²) in [6.45, 7) is 7.73. The predicted octanol–water partition coefficient (Wildman–Crippen LogP) is 4.65. The average Bonchev–Trinajstić information content (AvgIpc) is 3.37. The van der Waals surface area contributed by atoms with Crippen LogP contribution in [0.15, 0.2) is 35.5 Å². The van der Waals surface area contributed by atoms with Crippen LogP contribution in [0, 0.1) is 11.3 Å². The fourth-order valence-corrected chi connectivity index (χ4v) is 7.11. The lowest BCUT2D eigenvalue weighted by molar-refractivity contribution is -0.142. The van der Waals surface area contributed by atoms with Crippen molar-refractivity contribution in [1.82, 2.24) is 25.5 Å². The van der Waals surface area contributed by atoms with Crippen LogP contribution >= 0.6 is 11.8 Å². The fraction of sp³-hybridized carbons (Fsp3) is 0.533. The molecule has 14 heteroatoms. The molecule has 1 atom stereocenters. The zero-order valence-corrected chi connectivity index (χ0v) is 25.7. The summed E-state index contributed by atoms with van der Waals surface area (Å²) in [4.78, 5) is 38.1. The smallest absolute Gasteiger partial charge is 0.416 e. The van der Waals surface area contributed by atoms with E-state index < -0.39 is 29.1 Å². The van der Waals surface area contributed by atoms with Crippen LogP contribution in [0.5, 0.6) is 5.75 Å². The van der Waals surface area contributed by atoms with E-state index in [1.165, 1.54) is 31.3 Å². The van der Waals surface area contributed by atoms with E-state index in [0.717, 1.165) is 43.0 Å². The van der Waals surface area contributed by atoms with Gasteiger partial charge in [0.1, 0.15) is 17.3 Å². The number of amides is 1. The molecular weight excluding hydrogens is 597 g/mol. The Morgan fingerprint density at radius 2 is 1.91 bits per heavy atom.